The molecule has 0 bridgehead atoms. The molecule has 0 aromatic heterocycles. The van der Waals surface area contributed by atoms with Crippen LogP contribution < -0.4 is 12.4 Å². The van der Waals surface area contributed by atoms with Gasteiger partial charge in [-0.1, -0.05) is 30.3 Å². The molecule has 0 amide bonds. The van der Waals surface area contributed by atoms with E-state index < -0.39 is 0 Å². The number of hydrogen-bond donors (Lipinski definition) is 0. The van der Waals surface area contributed by atoms with Crippen molar-refractivity contribution in [3.63, 3.8) is 0 Å². The molecule has 84 valence electrons. The minimum atomic E-state index is 0. The first-order valence-corrected chi connectivity index (χ1v) is 5.16. The standard InChI is InChI=1S/C12H17NO.ClH/c1-10-12(14-9-8-13(10)2)11-6-4-3-5-7-11;/h3-7,10,12H,8-9H2,1-2H3;1H. The van der Waals surface area contributed by atoms with Crippen LogP contribution in [0.5, 0.6) is 0 Å². The zero-order valence-corrected chi connectivity index (χ0v) is 9.95. The maximum absolute atomic E-state index is 5.80. The van der Waals surface area contributed by atoms with Crippen LogP contribution in [0.4, 0.5) is 0 Å². The lowest BCUT2D eigenvalue weighted by molar-refractivity contribution is -0.0571. The lowest BCUT2D eigenvalue weighted by Gasteiger charge is -2.37. The van der Waals surface area contributed by atoms with E-state index in [-0.39, 0.29) is 19.9 Å². The third-order valence-corrected chi connectivity index (χ3v) is 3.00. The van der Waals surface area contributed by atoms with Crippen molar-refractivity contribution < 1.29 is 18.6 Å². The highest BCUT2D eigenvalue weighted by molar-refractivity contribution is 5.19. The maximum atomic E-state index is 5.80. The highest BCUT2D eigenvalue weighted by Gasteiger charge is 2.27. The Kier molecular flexibility index (Phi) is 4.58. The molecule has 1 aliphatic rings. The molecule has 2 unspecified atom stereocenters. The van der Waals surface area contributed by atoms with Crippen molar-refractivity contribution in [2.45, 2.75) is 19.1 Å². The second-order valence-corrected chi connectivity index (χ2v) is 3.92. The minimum Gasteiger partial charge on any atom is -1.00 e. The van der Waals surface area contributed by atoms with Gasteiger partial charge in [0.25, 0.3) is 0 Å². The summed E-state index contributed by atoms with van der Waals surface area (Å²) in [5, 5.41) is 0. The first-order chi connectivity index (χ1) is 6.79. The fourth-order valence-electron chi connectivity index (χ4n) is 1.92. The van der Waals surface area contributed by atoms with Crippen molar-refractivity contribution in [2.24, 2.45) is 0 Å². The van der Waals surface area contributed by atoms with E-state index in [2.05, 4.69) is 43.1 Å². The summed E-state index contributed by atoms with van der Waals surface area (Å²) < 4.78 is 5.80. The molecule has 1 aliphatic heterocycles. The van der Waals surface area contributed by atoms with Gasteiger partial charge in [0.2, 0.25) is 0 Å². The molecule has 3 heteroatoms. The van der Waals surface area contributed by atoms with E-state index in [1.807, 2.05) is 6.07 Å². The fourth-order valence-corrected chi connectivity index (χ4v) is 1.92. The molecule has 0 saturated carbocycles. The number of benzene rings is 1. The SMILES string of the molecule is CC1C(c2ccccc2)OCCN1C.[Cl-].[H+]. The van der Waals surface area contributed by atoms with E-state index in [0.29, 0.717) is 6.04 Å². The summed E-state index contributed by atoms with van der Waals surface area (Å²) in [6.07, 6.45) is 0.231. The van der Waals surface area contributed by atoms with E-state index in [0.717, 1.165) is 13.2 Å². The first-order valence-electron chi connectivity index (χ1n) is 5.16. The van der Waals surface area contributed by atoms with E-state index in [4.69, 9.17) is 4.74 Å². The van der Waals surface area contributed by atoms with E-state index >= 15 is 0 Å². The van der Waals surface area contributed by atoms with Gasteiger partial charge in [-0.25, -0.2) is 0 Å². The molecular formula is C12H18ClNO. The van der Waals surface area contributed by atoms with Gasteiger partial charge in [0.15, 0.2) is 0 Å². The monoisotopic (exact) mass is 227 g/mol. The normalized spacial score (nSPS) is 27.1. The summed E-state index contributed by atoms with van der Waals surface area (Å²) in [7, 11) is 2.16. The van der Waals surface area contributed by atoms with Gasteiger partial charge in [-0.15, -0.1) is 0 Å². The van der Waals surface area contributed by atoms with Crippen LogP contribution in [0.3, 0.4) is 0 Å². The van der Waals surface area contributed by atoms with Crippen LogP contribution in [0.25, 0.3) is 0 Å². The number of halogens is 1. The van der Waals surface area contributed by atoms with E-state index in [1.54, 1.807) is 0 Å². The van der Waals surface area contributed by atoms with Gasteiger partial charge in [-0.05, 0) is 19.5 Å². The molecule has 2 nitrogen and oxygen atoms in total. The molecule has 0 aliphatic carbocycles. The average Bonchev–Trinajstić information content (AvgIpc) is 2.23. The molecule has 1 saturated heterocycles. The second-order valence-electron chi connectivity index (χ2n) is 3.92. The van der Waals surface area contributed by atoms with E-state index in [9.17, 15) is 0 Å². The Hall–Kier alpha value is -0.570. The average molecular weight is 228 g/mol. The van der Waals surface area contributed by atoms with Crippen molar-refractivity contribution >= 4 is 0 Å². The smallest absolute Gasteiger partial charge is 1.00 e. The van der Waals surface area contributed by atoms with Gasteiger partial charge >= 0.3 is 1.43 Å². The van der Waals surface area contributed by atoms with Crippen LogP contribution in [0.1, 0.15) is 20.0 Å². The summed E-state index contributed by atoms with van der Waals surface area (Å²) >= 11 is 0. The van der Waals surface area contributed by atoms with Crippen LogP contribution in [0, 0.1) is 0 Å². The van der Waals surface area contributed by atoms with Crippen molar-refractivity contribution in [3.05, 3.63) is 35.9 Å². The molecular weight excluding hydrogens is 210 g/mol. The molecule has 1 aromatic rings. The third-order valence-electron chi connectivity index (χ3n) is 3.00. The Morgan fingerprint density at radius 1 is 1.33 bits per heavy atom. The molecule has 2 atom stereocenters. The molecule has 1 aromatic carbocycles. The zero-order valence-electron chi connectivity index (χ0n) is 10.2. The van der Waals surface area contributed by atoms with E-state index in [1.165, 1.54) is 5.56 Å². The molecule has 1 heterocycles. The van der Waals surface area contributed by atoms with Gasteiger partial charge in [0, 0.05) is 12.6 Å². The molecule has 0 N–H and O–H groups in total. The van der Waals surface area contributed by atoms with Crippen LogP contribution in [0.15, 0.2) is 30.3 Å². The van der Waals surface area contributed by atoms with Gasteiger partial charge in [0.05, 0.1) is 12.7 Å². The van der Waals surface area contributed by atoms with Gasteiger partial charge in [0.1, 0.15) is 0 Å². The third kappa shape index (κ3) is 2.71. The second kappa shape index (κ2) is 5.50. The van der Waals surface area contributed by atoms with Crippen molar-refractivity contribution in [3.8, 4) is 0 Å². The Morgan fingerprint density at radius 2 is 2.00 bits per heavy atom. The number of nitrogens with zero attached hydrogens (tertiary/aromatic N) is 1. The molecule has 1 fully saturated rings. The Labute approximate surface area is 99.1 Å². The fraction of sp³-hybridized carbons (Fsp3) is 0.500. The molecule has 0 radical (unpaired) electrons. The summed E-state index contributed by atoms with van der Waals surface area (Å²) in [6, 6.07) is 10.9. The maximum Gasteiger partial charge on any atom is 1.00 e. The Morgan fingerprint density at radius 3 is 2.67 bits per heavy atom. The summed E-state index contributed by atoms with van der Waals surface area (Å²) in [4.78, 5) is 2.35. The highest BCUT2D eigenvalue weighted by atomic mass is 35.5. The topological polar surface area (TPSA) is 12.5 Å². The largest absolute Gasteiger partial charge is 1.00 e. The molecule has 15 heavy (non-hydrogen) atoms. The van der Waals surface area contributed by atoms with Crippen molar-refractivity contribution in [1.82, 2.24) is 4.90 Å². The summed E-state index contributed by atoms with van der Waals surface area (Å²) in [5.41, 5.74) is 1.28. The number of ether oxygens (including phenoxy) is 1. The summed E-state index contributed by atoms with van der Waals surface area (Å²) in [5.74, 6) is 0. The van der Waals surface area contributed by atoms with Gasteiger partial charge < -0.3 is 17.1 Å². The van der Waals surface area contributed by atoms with Crippen LogP contribution >= 0.6 is 0 Å². The predicted octanol–water partition coefficient (Wildman–Crippen LogP) is -0.805. The lowest BCUT2D eigenvalue weighted by atomic mass is 10.0. The first kappa shape index (κ1) is 12.5. The quantitative estimate of drug-likeness (QED) is 0.623. The van der Waals surface area contributed by atoms with Crippen LogP contribution in [0.2, 0.25) is 0 Å². The predicted molar refractivity (Wildman–Crippen MR) is 58.3 cm³/mol. The van der Waals surface area contributed by atoms with Gasteiger partial charge in [-0.2, -0.15) is 0 Å². The highest BCUT2D eigenvalue weighted by Crippen LogP contribution is 2.26. The number of hydrogen-bond acceptors (Lipinski definition) is 2. The molecule has 2 rings (SSSR count). The molecule has 0 spiro atoms. The van der Waals surface area contributed by atoms with Crippen molar-refractivity contribution in [1.29, 1.82) is 0 Å². The number of rotatable bonds is 1. The lowest BCUT2D eigenvalue weighted by Crippen LogP contribution is -3.00. The summed E-state index contributed by atoms with van der Waals surface area (Å²) in [6.45, 7) is 4.09. The van der Waals surface area contributed by atoms with Crippen LogP contribution in [-0.4, -0.2) is 31.1 Å². The van der Waals surface area contributed by atoms with Gasteiger partial charge in [-0.3, -0.25) is 4.90 Å². The number of likely N-dealkylation sites (N-methyl/N-ethyl adjacent to an activating group) is 1. The van der Waals surface area contributed by atoms with Crippen molar-refractivity contribution in [2.75, 3.05) is 20.2 Å². The zero-order chi connectivity index (χ0) is 9.97. The Bertz CT molecular complexity index is 296. The van der Waals surface area contributed by atoms with Crippen LogP contribution in [-0.2, 0) is 4.74 Å². The number of morpholine rings is 1. The minimum absolute atomic E-state index is 0. The Balaban J connectivity index is 0.00000112.